The Morgan fingerprint density at radius 1 is 1.17 bits per heavy atom. The summed E-state index contributed by atoms with van der Waals surface area (Å²) in [6.07, 6.45) is 0. The summed E-state index contributed by atoms with van der Waals surface area (Å²) in [4.78, 5) is 16.1. The highest BCUT2D eigenvalue weighted by molar-refractivity contribution is 7.91. The summed E-state index contributed by atoms with van der Waals surface area (Å²) in [6, 6.07) is 8.15. The number of aryl methyl sites for hydroxylation is 1. The normalized spacial score (nSPS) is 12.2. The van der Waals surface area contributed by atoms with Crippen LogP contribution in [0, 0.1) is 6.92 Å². The molecule has 23 heavy (non-hydrogen) atoms. The van der Waals surface area contributed by atoms with Crippen LogP contribution in [0.3, 0.4) is 0 Å². The largest absolute Gasteiger partial charge is 0.291 e. The van der Waals surface area contributed by atoms with E-state index in [0.29, 0.717) is 10.2 Å². The van der Waals surface area contributed by atoms with Gasteiger partial charge in [0.05, 0.1) is 10.4 Å². The number of sulfone groups is 1. The SMILES string of the molecule is Cc1ccc(S(=O)(=O)c2n[nH]n3c2nc(=O)c2sccc23)cc1. The monoisotopic (exact) mass is 346 g/mol. The van der Waals surface area contributed by atoms with E-state index in [2.05, 4.69) is 15.3 Å². The van der Waals surface area contributed by atoms with Gasteiger partial charge in [0.15, 0.2) is 5.65 Å². The smallest absolute Gasteiger partial charge is 0.266 e. The first-order chi connectivity index (χ1) is 11.0. The van der Waals surface area contributed by atoms with E-state index in [1.54, 1.807) is 23.6 Å². The lowest BCUT2D eigenvalue weighted by Crippen LogP contribution is -2.10. The number of nitrogens with one attached hydrogen (secondary N) is 1. The van der Waals surface area contributed by atoms with Gasteiger partial charge in [0, 0.05) is 0 Å². The molecule has 0 saturated carbocycles. The lowest BCUT2D eigenvalue weighted by atomic mass is 10.2. The highest BCUT2D eigenvalue weighted by atomic mass is 32.2. The molecule has 0 aliphatic heterocycles. The Kier molecular flexibility index (Phi) is 2.90. The average Bonchev–Trinajstić information content (AvgIpc) is 3.14. The second-order valence-corrected chi connectivity index (χ2v) is 7.83. The third-order valence-electron chi connectivity index (χ3n) is 3.53. The van der Waals surface area contributed by atoms with Gasteiger partial charge in [-0.1, -0.05) is 17.7 Å². The van der Waals surface area contributed by atoms with Crippen LogP contribution in [0.15, 0.2) is 50.4 Å². The van der Waals surface area contributed by atoms with Gasteiger partial charge in [-0.2, -0.15) is 4.98 Å². The topological polar surface area (TPSA) is 97.2 Å². The predicted octanol–water partition coefficient (Wildman–Crippen LogP) is 1.77. The Labute approximate surface area is 134 Å². The Hall–Kier alpha value is -2.52. The van der Waals surface area contributed by atoms with Crippen LogP contribution in [-0.2, 0) is 9.84 Å². The summed E-state index contributed by atoms with van der Waals surface area (Å²) in [5.41, 5.74) is 1.05. The van der Waals surface area contributed by atoms with Crippen LogP contribution in [0.4, 0.5) is 0 Å². The molecule has 0 aliphatic rings. The number of nitrogens with zero attached hydrogens (tertiary/aromatic N) is 3. The fourth-order valence-corrected chi connectivity index (χ4v) is 4.36. The van der Waals surface area contributed by atoms with Crippen LogP contribution >= 0.6 is 11.3 Å². The van der Waals surface area contributed by atoms with E-state index in [0.717, 1.165) is 5.56 Å². The van der Waals surface area contributed by atoms with Gasteiger partial charge in [-0.3, -0.25) is 4.79 Å². The Balaban J connectivity index is 2.04. The first-order valence-corrected chi connectivity index (χ1v) is 9.01. The summed E-state index contributed by atoms with van der Waals surface area (Å²) < 4.78 is 27.4. The predicted molar refractivity (Wildman–Crippen MR) is 85.6 cm³/mol. The number of fused-ring (bicyclic) bond motifs is 3. The lowest BCUT2D eigenvalue weighted by Gasteiger charge is -2.02. The van der Waals surface area contributed by atoms with Gasteiger partial charge in [-0.15, -0.1) is 16.4 Å². The maximum atomic E-state index is 12.8. The van der Waals surface area contributed by atoms with Crippen molar-refractivity contribution in [2.24, 2.45) is 0 Å². The standard InChI is InChI=1S/C14H10N4O3S2/c1-8-2-4-9(5-3-8)23(20,21)14-12-15-13(19)11-10(6-7-22-11)18(12)17-16-14/h2-7,17H,1H3. The van der Waals surface area contributed by atoms with Gasteiger partial charge < -0.3 is 0 Å². The van der Waals surface area contributed by atoms with Crippen LogP contribution in [-0.4, -0.2) is 28.2 Å². The van der Waals surface area contributed by atoms with Gasteiger partial charge >= 0.3 is 0 Å². The van der Waals surface area contributed by atoms with E-state index < -0.39 is 15.4 Å². The third kappa shape index (κ3) is 2.01. The molecule has 4 rings (SSSR count). The Bertz CT molecular complexity index is 1200. The Morgan fingerprint density at radius 2 is 1.91 bits per heavy atom. The van der Waals surface area contributed by atoms with E-state index >= 15 is 0 Å². The van der Waals surface area contributed by atoms with Crippen LogP contribution in [0.5, 0.6) is 0 Å². The molecule has 1 N–H and O–H groups in total. The maximum absolute atomic E-state index is 12.8. The van der Waals surface area contributed by atoms with Crippen LogP contribution in [0.2, 0.25) is 0 Å². The van der Waals surface area contributed by atoms with Crippen molar-refractivity contribution in [2.75, 3.05) is 0 Å². The van der Waals surface area contributed by atoms with Crippen molar-refractivity contribution in [2.45, 2.75) is 16.8 Å². The minimum atomic E-state index is -3.87. The van der Waals surface area contributed by atoms with Gasteiger partial charge in [-0.05, 0) is 30.5 Å². The molecule has 9 heteroatoms. The van der Waals surface area contributed by atoms with Crippen molar-refractivity contribution in [3.8, 4) is 0 Å². The van der Waals surface area contributed by atoms with E-state index in [9.17, 15) is 13.2 Å². The zero-order valence-electron chi connectivity index (χ0n) is 11.8. The van der Waals surface area contributed by atoms with Crippen molar-refractivity contribution in [1.29, 1.82) is 0 Å². The van der Waals surface area contributed by atoms with Crippen LogP contribution < -0.4 is 5.56 Å². The molecule has 0 saturated heterocycles. The minimum Gasteiger partial charge on any atom is -0.266 e. The number of aromatic nitrogens is 4. The molecular weight excluding hydrogens is 336 g/mol. The molecule has 0 amide bonds. The molecule has 3 heterocycles. The molecule has 116 valence electrons. The summed E-state index contributed by atoms with van der Waals surface area (Å²) in [5.74, 6) is 0. The molecule has 1 aromatic carbocycles. The molecule has 0 aliphatic carbocycles. The molecule has 4 aromatic rings. The van der Waals surface area contributed by atoms with Crippen LogP contribution in [0.1, 0.15) is 5.56 Å². The highest BCUT2D eigenvalue weighted by Gasteiger charge is 2.26. The zero-order valence-corrected chi connectivity index (χ0v) is 13.5. The van der Waals surface area contributed by atoms with Crippen molar-refractivity contribution < 1.29 is 8.42 Å². The lowest BCUT2D eigenvalue weighted by molar-refractivity contribution is 0.592. The maximum Gasteiger partial charge on any atom is 0.291 e. The van der Waals surface area contributed by atoms with Crippen LogP contribution in [0.25, 0.3) is 15.9 Å². The number of aromatic amines is 1. The highest BCUT2D eigenvalue weighted by Crippen LogP contribution is 2.24. The quantitative estimate of drug-likeness (QED) is 0.597. The second-order valence-electron chi connectivity index (χ2n) is 5.04. The number of H-pyrrole nitrogens is 1. The summed E-state index contributed by atoms with van der Waals surface area (Å²) >= 11 is 1.25. The zero-order chi connectivity index (χ0) is 16.2. The molecule has 7 nitrogen and oxygen atoms in total. The van der Waals surface area contributed by atoms with E-state index in [1.807, 2.05) is 6.92 Å². The van der Waals surface area contributed by atoms with Gasteiger partial charge in [0.1, 0.15) is 4.70 Å². The molecular formula is C14H10N4O3S2. The first-order valence-electron chi connectivity index (χ1n) is 6.64. The number of hydrogen-bond donors (Lipinski definition) is 1. The van der Waals surface area contributed by atoms with Crippen molar-refractivity contribution in [3.05, 3.63) is 51.6 Å². The fourth-order valence-electron chi connectivity index (χ4n) is 2.35. The summed E-state index contributed by atoms with van der Waals surface area (Å²) in [6.45, 7) is 1.87. The first kappa shape index (κ1) is 14.1. The molecule has 0 spiro atoms. The van der Waals surface area contributed by atoms with Crippen molar-refractivity contribution >= 4 is 37.0 Å². The molecule has 3 aromatic heterocycles. The molecule has 0 radical (unpaired) electrons. The minimum absolute atomic E-state index is 0.00137. The van der Waals surface area contributed by atoms with Gasteiger partial charge in [0.2, 0.25) is 14.9 Å². The van der Waals surface area contributed by atoms with E-state index in [-0.39, 0.29) is 15.6 Å². The number of benzene rings is 1. The fraction of sp³-hybridized carbons (Fsp3) is 0.0714. The molecule has 0 atom stereocenters. The summed E-state index contributed by atoms with van der Waals surface area (Å²) in [7, 11) is -3.87. The summed E-state index contributed by atoms with van der Waals surface area (Å²) in [5, 5.41) is 8.00. The molecule has 0 unspecified atom stereocenters. The van der Waals surface area contributed by atoms with Crippen molar-refractivity contribution in [3.63, 3.8) is 0 Å². The van der Waals surface area contributed by atoms with Gasteiger partial charge in [-0.25, -0.2) is 18.1 Å². The number of hydrogen-bond acceptors (Lipinski definition) is 6. The third-order valence-corrected chi connectivity index (χ3v) is 6.09. The second kappa shape index (κ2) is 4.74. The molecule has 0 bridgehead atoms. The average molecular weight is 346 g/mol. The Morgan fingerprint density at radius 3 is 2.65 bits per heavy atom. The van der Waals surface area contributed by atoms with Gasteiger partial charge in [0.25, 0.3) is 5.56 Å². The molecule has 0 fully saturated rings. The number of thiophene rings is 1. The van der Waals surface area contributed by atoms with Crippen molar-refractivity contribution in [1.82, 2.24) is 19.8 Å². The van der Waals surface area contributed by atoms with E-state index in [1.165, 1.54) is 28.0 Å². The van der Waals surface area contributed by atoms with E-state index in [4.69, 9.17) is 0 Å². The number of rotatable bonds is 2.